The number of rotatable bonds is 11. The number of guanidine groups is 1. The topological polar surface area (TPSA) is 224 Å². The van der Waals surface area contributed by atoms with Gasteiger partial charge in [0.2, 0.25) is 11.8 Å². The van der Waals surface area contributed by atoms with Crippen molar-refractivity contribution >= 4 is 41.3 Å². The Labute approximate surface area is 183 Å². The molecule has 0 aliphatic carbocycles. The second kappa shape index (κ2) is 11.9. The lowest BCUT2D eigenvalue weighted by atomic mass is 10.0. The molecule has 0 fully saturated rings. The normalized spacial score (nSPS) is 12.2. The molecule has 0 unspecified atom stereocenters. The summed E-state index contributed by atoms with van der Waals surface area (Å²) in [7, 11) is 0. The van der Waals surface area contributed by atoms with Gasteiger partial charge in [-0.3, -0.25) is 24.6 Å². The number of aliphatic carboxylic acids is 2. The fraction of sp³-hybridized carbons (Fsp3) is 0.368. The number of hydrogen-bond donors (Lipinski definition) is 8. The van der Waals surface area contributed by atoms with Gasteiger partial charge in [-0.2, -0.15) is 0 Å². The Hall–Kier alpha value is -4.16. The van der Waals surface area contributed by atoms with Crippen LogP contribution in [-0.2, 0) is 19.2 Å². The van der Waals surface area contributed by atoms with E-state index in [4.69, 9.17) is 21.4 Å². The first-order valence-electron chi connectivity index (χ1n) is 9.44. The molecule has 0 bridgehead atoms. The lowest BCUT2D eigenvalue weighted by molar-refractivity contribution is -0.144. The molecule has 0 spiro atoms. The Kier molecular flexibility index (Phi) is 9.61. The average Bonchev–Trinajstić information content (AvgIpc) is 2.68. The van der Waals surface area contributed by atoms with Crippen LogP contribution in [0.3, 0.4) is 0 Å². The monoisotopic (exact) mass is 450 g/mol. The molecule has 1 rings (SSSR count). The molecule has 0 aliphatic heterocycles. The molecule has 1 aromatic rings. The van der Waals surface area contributed by atoms with Crippen molar-refractivity contribution in [2.45, 2.75) is 32.4 Å². The zero-order chi connectivity index (χ0) is 24.4. The number of carboxylic acids is 2. The van der Waals surface area contributed by atoms with E-state index < -0.39 is 60.6 Å². The van der Waals surface area contributed by atoms with Crippen LogP contribution in [0.5, 0.6) is 0 Å². The summed E-state index contributed by atoms with van der Waals surface area (Å²) in [4.78, 5) is 58.9. The Morgan fingerprint density at radius 3 is 2.09 bits per heavy atom. The number of benzene rings is 1. The van der Waals surface area contributed by atoms with Crippen molar-refractivity contribution in [1.82, 2.24) is 16.0 Å². The third-order valence-electron chi connectivity index (χ3n) is 4.10. The summed E-state index contributed by atoms with van der Waals surface area (Å²) in [5, 5.41) is 34.5. The SMILES string of the molecule is CC(C)[C@H](NC(=O)[C@H](CC(=O)O)NC(=O)CNC(=O)c1ccc(NC(=N)N)cc1)C(=O)O. The molecular weight excluding hydrogens is 424 g/mol. The molecule has 3 amide bonds. The molecule has 0 saturated carbocycles. The van der Waals surface area contributed by atoms with E-state index in [1.807, 2.05) is 0 Å². The van der Waals surface area contributed by atoms with E-state index in [-0.39, 0.29) is 11.5 Å². The number of carboxylic acid groups (broad SMARTS) is 2. The predicted octanol–water partition coefficient (Wildman–Crippen LogP) is -1.09. The van der Waals surface area contributed by atoms with Crippen LogP contribution in [0, 0.1) is 11.3 Å². The molecule has 0 saturated heterocycles. The number of nitrogens with two attached hydrogens (primary N) is 1. The number of carbonyl (C=O) groups excluding carboxylic acids is 3. The van der Waals surface area contributed by atoms with E-state index in [1.54, 1.807) is 13.8 Å². The van der Waals surface area contributed by atoms with Crippen molar-refractivity contribution < 1.29 is 34.2 Å². The van der Waals surface area contributed by atoms with Crippen LogP contribution in [-0.4, -0.2) is 64.5 Å². The van der Waals surface area contributed by atoms with Crippen molar-refractivity contribution in [1.29, 1.82) is 5.41 Å². The van der Waals surface area contributed by atoms with Gasteiger partial charge >= 0.3 is 11.9 Å². The number of anilines is 1. The standard InChI is InChI=1S/C19H26N6O7/c1-9(2)15(18(31)32)25-17(30)12(7-14(27)28)24-13(26)8-22-16(29)10-3-5-11(6-4-10)23-19(20)21/h3-6,9,12,15H,7-8H2,1-2H3,(H,22,29)(H,24,26)(H,25,30)(H,27,28)(H,31,32)(H4,20,21,23)/t12-,15-/m0/s1. The average molecular weight is 450 g/mol. The van der Waals surface area contributed by atoms with Crippen molar-refractivity contribution in [2.24, 2.45) is 11.7 Å². The van der Waals surface area contributed by atoms with Crippen LogP contribution in [0.1, 0.15) is 30.6 Å². The second-order valence-corrected chi connectivity index (χ2v) is 7.09. The van der Waals surface area contributed by atoms with E-state index in [0.717, 1.165) is 0 Å². The molecule has 32 heavy (non-hydrogen) atoms. The van der Waals surface area contributed by atoms with Gasteiger partial charge in [0.05, 0.1) is 13.0 Å². The lowest BCUT2D eigenvalue weighted by Gasteiger charge is -2.22. The molecule has 0 heterocycles. The highest BCUT2D eigenvalue weighted by Gasteiger charge is 2.29. The largest absolute Gasteiger partial charge is 0.481 e. The van der Waals surface area contributed by atoms with E-state index in [1.165, 1.54) is 24.3 Å². The molecular formula is C19H26N6O7. The lowest BCUT2D eigenvalue weighted by Crippen LogP contribution is -2.54. The molecule has 13 nitrogen and oxygen atoms in total. The maximum atomic E-state index is 12.3. The van der Waals surface area contributed by atoms with Gasteiger partial charge in [-0.05, 0) is 30.2 Å². The summed E-state index contributed by atoms with van der Waals surface area (Å²) in [6.07, 6.45) is -0.777. The quantitative estimate of drug-likeness (QED) is 0.151. The van der Waals surface area contributed by atoms with E-state index in [9.17, 15) is 24.0 Å². The van der Waals surface area contributed by atoms with Gasteiger partial charge in [0.25, 0.3) is 5.91 Å². The van der Waals surface area contributed by atoms with Gasteiger partial charge < -0.3 is 37.2 Å². The van der Waals surface area contributed by atoms with Crippen molar-refractivity contribution in [3.63, 3.8) is 0 Å². The van der Waals surface area contributed by atoms with Crippen molar-refractivity contribution in [3.8, 4) is 0 Å². The first-order chi connectivity index (χ1) is 14.9. The number of carbonyl (C=O) groups is 5. The van der Waals surface area contributed by atoms with Crippen LogP contribution in [0.25, 0.3) is 0 Å². The number of hydrogen-bond acceptors (Lipinski definition) is 6. The Balaban J connectivity index is 2.71. The minimum atomic E-state index is -1.53. The third kappa shape index (κ3) is 8.69. The summed E-state index contributed by atoms with van der Waals surface area (Å²) < 4.78 is 0. The van der Waals surface area contributed by atoms with Gasteiger partial charge in [-0.1, -0.05) is 13.8 Å². The van der Waals surface area contributed by atoms with Crippen LogP contribution in [0.4, 0.5) is 5.69 Å². The first-order valence-corrected chi connectivity index (χ1v) is 9.44. The zero-order valence-electron chi connectivity index (χ0n) is 17.5. The van der Waals surface area contributed by atoms with Crippen LogP contribution in [0.2, 0.25) is 0 Å². The van der Waals surface area contributed by atoms with Crippen molar-refractivity contribution in [2.75, 3.05) is 11.9 Å². The number of nitrogens with one attached hydrogen (secondary N) is 5. The highest BCUT2D eigenvalue weighted by atomic mass is 16.4. The fourth-order valence-electron chi connectivity index (χ4n) is 2.52. The highest BCUT2D eigenvalue weighted by Crippen LogP contribution is 2.09. The fourth-order valence-corrected chi connectivity index (χ4v) is 2.52. The first kappa shape index (κ1) is 25.9. The van der Waals surface area contributed by atoms with Gasteiger partial charge in [0, 0.05) is 11.3 Å². The Morgan fingerprint density at radius 1 is 1.03 bits per heavy atom. The summed E-state index contributed by atoms with van der Waals surface area (Å²) in [6.45, 7) is 2.56. The van der Waals surface area contributed by atoms with E-state index in [2.05, 4.69) is 21.3 Å². The molecule has 9 N–H and O–H groups in total. The molecule has 1 aromatic carbocycles. The van der Waals surface area contributed by atoms with Crippen LogP contribution >= 0.6 is 0 Å². The Morgan fingerprint density at radius 2 is 1.62 bits per heavy atom. The van der Waals surface area contributed by atoms with E-state index >= 15 is 0 Å². The van der Waals surface area contributed by atoms with Gasteiger partial charge in [0.15, 0.2) is 5.96 Å². The molecule has 0 aliphatic rings. The minimum absolute atomic E-state index is 0.202. The second-order valence-electron chi connectivity index (χ2n) is 7.09. The van der Waals surface area contributed by atoms with Crippen LogP contribution < -0.4 is 27.0 Å². The summed E-state index contributed by atoms with van der Waals surface area (Å²) >= 11 is 0. The highest BCUT2D eigenvalue weighted by molar-refractivity contribution is 5.98. The molecule has 13 heteroatoms. The van der Waals surface area contributed by atoms with Gasteiger partial charge in [-0.25, -0.2) is 4.79 Å². The van der Waals surface area contributed by atoms with E-state index in [0.29, 0.717) is 5.69 Å². The zero-order valence-corrected chi connectivity index (χ0v) is 17.5. The number of amides is 3. The molecule has 2 atom stereocenters. The Bertz CT molecular complexity index is 885. The summed E-state index contributed by atoms with van der Waals surface area (Å²) in [6, 6.07) is 3.05. The summed E-state index contributed by atoms with van der Waals surface area (Å²) in [5.41, 5.74) is 5.89. The predicted molar refractivity (Wildman–Crippen MR) is 113 cm³/mol. The molecule has 0 radical (unpaired) electrons. The maximum absolute atomic E-state index is 12.3. The smallest absolute Gasteiger partial charge is 0.326 e. The van der Waals surface area contributed by atoms with Crippen LogP contribution in [0.15, 0.2) is 24.3 Å². The third-order valence-corrected chi connectivity index (χ3v) is 4.10. The summed E-state index contributed by atoms with van der Waals surface area (Å²) in [5.74, 6) is -5.86. The minimum Gasteiger partial charge on any atom is -0.481 e. The molecule has 174 valence electrons. The molecule has 0 aromatic heterocycles. The van der Waals surface area contributed by atoms with Gasteiger partial charge in [-0.15, -0.1) is 0 Å². The van der Waals surface area contributed by atoms with Gasteiger partial charge in [0.1, 0.15) is 12.1 Å². The maximum Gasteiger partial charge on any atom is 0.326 e. The van der Waals surface area contributed by atoms with Crippen molar-refractivity contribution in [3.05, 3.63) is 29.8 Å².